The van der Waals surface area contributed by atoms with Crippen LogP contribution in [0.4, 0.5) is 13.2 Å². The van der Waals surface area contributed by atoms with Crippen LogP contribution in [0.2, 0.25) is 0 Å². The van der Waals surface area contributed by atoms with E-state index in [9.17, 15) is 13.2 Å². The molecule has 3 rings (SSSR count). The number of fused-ring (bicyclic) bond motifs is 1. The summed E-state index contributed by atoms with van der Waals surface area (Å²) >= 11 is 0. The first-order chi connectivity index (χ1) is 11.8. The van der Waals surface area contributed by atoms with Crippen LogP contribution in [-0.4, -0.2) is 38.2 Å². The number of rotatable bonds is 3. The van der Waals surface area contributed by atoms with Crippen molar-refractivity contribution in [2.45, 2.75) is 32.4 Å². The SMILES string of the molecule is NCc1ncc2n1CCN(Cc1ccccc1)C2.O=C(O)C(F)(F)F. The number of carboxylic acids is 1. The van der Waals surface area contributed by atoms with E-state index in [0.717, 1.165) is 32.0 Å². The van der Waals surface area contributed by atoms with Gasteiger partial charge in [-0.2, -0.15) is 13.2 Å². The molecule has 3 N–H and O–H groups in total. The lowest BCUT2D eigenvalue weighted by Crippen LogP contribution is -2.33. The average molecular weight is 356 g/mol. The number of aliphatic carboxylic acids is 1. The van der Waals surface area contributed by atoms with Crippen LogP contribution in [0, 0.1) is 0 Å². The smallest absolute Gasteiger partial charge is 0.475 e. The molecular formula is C16H19F3N4O2. The van der Waals surface area contributed by atoms with Crippen molar-refractivity contribution in [1.82, 2.24) is 14.5 Å². The fourth-order valence-corrected chi connectivity index (χ4v) is 2.54. The second-order valence-corrected chi connectivity index (χ2v) is 5.52. The number of imidazole rings is 1. The molecule has 0 atom stereocenters. The molecule has 0 saturated heterocycles. The van der Waals surface area contributed by atoms with Crippen LogP contribution < -0.4 is 5.73 Å². The number of aromatic nitrogens is 2. The van der Waals surface area contributed by atoms with Gasteiger partial charge in [0, 0.05) is 32.4 Å². The standard InChI is InChI=1S/C14H18N4.C2HF3O2/c15-8-14-16-9-13-11-17(6-7-18(13)14)10-12-4-2-1-3-5-12;3-2(4,5)1(6)7/h1-5,9H,6-8,10-11,15H2;(H,6,7). The number of carboxylic acid groups (broad SMARTS) is 1. The maximum atomic E-state index is 10.6. The van der Waals surface area contributed by atoms with Gasteiger partial charge in [-0.25, -0.2) is 9.78 Å². The lowest BCUT2D eigenvalue weighted by atomic mass is 10.2. The monoisotopic (exact) mass is 356 g/mol. The molecule has 0 fully saturated rings. The number of carbonyl (C=O) groups is 1. The Hall–Kier alpha value is -2.39. The van der Waals surface area contributed by atoms with Gasteiger partial charge >= 0.3 is 12.1 Å². The Bertz CT molecular complexity index is 701. The molecular weight excluding hydrogens is 337 g/mol. The molecule has 1 aliphatic rings. The van der Waals surface area contributed by atoms with Crippen molar-refractivity contribution in [1.29, 1.82) is 0 Å². The summed E-state index contributed by atoms with van der Waals surface area (Å²) < 4.78 is 34.0. The summed E-state index contributed by atoms with van der Waals surface area (Å²) in [4.78, 5) is 15.7. The molecule has 1 aromatic carbocycles. The lowest BCUT2D eigenvalue weighted by Gasteiger charge is -2.28. The van der Waals surface area contributed by atoms with E-state index in [0.29, 0.717) is 6.54 Å². The first-order valence-corrected chi connectivity index (χ1v) is 7.61. The summed E-state index contributed by atoms with van der Waals surface area (Å²) in [6, 6.07) is 10.6. The van der Waals surface area contributed by atoms with Gasteiger partial charge in [0.15, 0.2) is 0 Å². The molecule has 25 heavy (non-hydrogen) atoms. The Morgan fingerprint density at radius 1 is 1.24 bits per heavy atom. The Morgan fingerprint density at radius 2 is 1.88 bits per heavy atom. The van der Waals surface area contributed by atoms with Gasteiger partial charge in [-0.05, 0) is 5.56 Å². The molecule has 0 spiro atoms. The molecule has 0 saturated carbocycles. The van der Waals surface area contributed by atoms with E-state index in [4.69, 9.17) is 15.6 Å². The van der Waals surface area contributed by atoms with Crippen molar-refractivity contribution < 1.29 is 23.1 Å². The molecule has 0 unspecified atom stereocenters. The van der Waals surface area contributed by atoms with Crippen LogP contribution in [-0.2, 0) is 31.0 Å². The van der Waals surface area contributed by atoms with Gasteiger partial charge in [0.25, 0.3) is 0 Å². The topological polar surface area (TPSA) is 84.4 Å². The van der Waals surface area contributed by atoms with Gasteiger partial charge in [0.1, 0.15) is 5.82 Å². The molecule has 0 bridgehead atoms. The van der Waals surface area contributed by atoms with Crippen LogP contribution in [0.1, 0.15) is 17.1 Å². The third kappa shape index (κ3) is 5.30. The predicted molar refractivity (Wildman–Crippen MR) is 84.4 cm³/mol. The molecule has 1 aliphatic heterocycles. The van der Waals surface area contributed by atoms with Gasteiger partial charge in [-0.15, -0.1) is 0 Å². The lowest BCUT2D eigenvalue weighted by molar-refractivity contribution is -0.192. The van der Waals surface area contributed by atoms with Gasteiger partial charge in [-0.3, -0.25) is 4.90 Å². The minimum Gasteiger partial charge on any atom is -0.475 e. The zero-order chi connectivity index (χ0) is 18.4. The maximum Gasteiger partial charge on any atom is 0.490 e. The highest BCUT2D eigenvalue weighted by Crippen LogP contribution is 2.16. The predicted octanol–water partition coefficient (Wildman–Crippen LogP) is 1.99. The highest BCUT2D eigenvalue weighted by atomic mass is 19.4. The van der Waals surface area contributed by atoms with E-state index in [2.05, 4.69) is 44.8 Å². The number of hydrogen-bond donors (Lipinski definition) is 2. The summed E-state index contributed by atoms with van der Waals surface area (Å²) in [7, 11) is 0. The molecule has 0 radical (unpaired) electrons. The third-order valence-electron chi connectivity index (χ3n) is 3.72. The second kappa shape index (κ2) is 8.13. The number of halogens is 3. The van der Waals surface area contributed by atoms with Gasteiger partial charge in [-0.1, -0.05) is 30.3 Å². The summed E-state index contributed by atoms with van der Waals surface area (Å²) in [6.45, 7) is 4.55. The van der Waals surface area contributed by atoms with E-state index in [1.54, 1.807) is 0 Å². The van der Waals surface area contributed by atoms with Crippen LogP contribution in [0.25, 0.3) is 0 Å². The molecule has 2 aromatic rings. The van der Waals surface area contributed by atoms with Crippen molar-refractivity contribution >= 4 is 5.97 Å². The maximum absolute atomic E-state index is 10.6. The minimum absolute atomic E-state index is 0.526. The van der Waals surface area contributed by atoms with E-state index in [-0.39, 0.29) is 0 Å². The van der Waals surface area contributed by atoms with Gasteiger partial charge in [0.2, 0.25) is 0 Å². The second-order valence-electron chi connectivity index (χ2n) is 5.52. The van der Waals surface area contributed by atoms with Crippen molar-refractivity contribution in [3.63, 3.8) is 0 Å². The van der Waals surface area contributed by atoms with E-state index < -0.39 is 12.1 Å². The highest BCUT2D eigenvalue weighted by molar-refractivity contribution is 5.73. The number of benzene rings is 1. The zero-order valence-corrected chi connectivity index (χ0v) is 13.4. The van der Waals surface area contributed by atoms with Crippen molar-refractivity contribution in [3.05, 3.63) is 53.6 Å². The van der Waals surface area contributed by atoms with Gasteiger partial charge in [0.05, 0.1) is 12.2 Å². The summed E-state index contributed by atoms with van der Waals surface area (Å²) in [6.07, 6.45) is -3.13. The average Bonchev–Trinajstić information content (AvgIpc) is 2.98. The molecule has 0 aliphatic carbocycles. The molecule has 6 nitrogen and oxygen atoms in total. The summed E-state index contributed by atoms with van der Waals surface area (Å²) in [5.74, 6) is -1.75. The fraction of sp³-hybridized carbons (Fsp3) is 0.375. The quantitative estimate of drug-likeness (QED) is 0.879. The zero-order valence-electron chi connectivity index (χ0n) is 13.4. The normalized spacial score (nSPS) is 14.4. The van der Waals surface area contributed by atoms with E-state index in [1.807, 2.05) is 6.20 Å². The Kier molecular flexibility index (Phi) is 6.16. The number of alkyl halides is 3. The van der Waals surface area contributed by atoms with E-state index in [1.165, 1.54) is 11.3 Å². The van der Waals surface area contributed by atoms with Crippen molar-refractivity contribution in [3.8, 4) is 0 Å². The van der Waals surface area contributed by atoms with Crippen LogP contribution >= 0.6 is 0 Å². The highest BCUT2D eigenvalue weighted by Gasteiger charge is 2.38. The van der Waals surface area contributed by atoms with Gasteiger partial charge < -0.3 is 15.4 Å². The largest absolute Gasteiger partial charge is 0.490 e. The van der Waals surface area contributed by atoms with Crippen LogP contribution in [0.15, 0.2) is 36.5 Å². The fourth-order valence-electron chi connectivity index (χ4n) is 2.54. The van der Waals surface area contributed by atoms with Crippen molar-refractivity contribution in [2.75, 3.05) is 6.54 Å². The Labute approximate surface area is 142 Å². The first kappa shape index (κ1) is 18.9. The van der Waals surface area contributed by atoms with Crippen LogP contribution in [0.5, 0.6) is 0 Å². The molecule has 136 valence electrons. The Morgan fingerprint density at radius 3 is 2.44 bits per heavy atom. The van der Waals surface area contributed by atoms with Crippen molar-refractivity contribution in [2.24, 2.45) is 5.73 Å². The van der Waals surface area contributed by atoms with Crippen LogP contribution in [0.3, 0.4) is 0 Å². The molecule has 0 amide bonds. The molecule has 1 aromatic heterocycles. The third-order valence-corrected chi connectivity index (χ3v) is 3.72. The first-order valence-electron chi connectivity index (χ1n) is 7.61. The molecule has 2 heterocycles. The number of nitrogens with zero attached hydrogens (tertiary/aromatic N) is 3. The van der Waals surface area contributed by atoms with E-state index >= 15 is 0 Å². The number of hydrogen-bond acceptors (Lipinski definition) is 4. The summed E-state index contributed by atoms with van der Waals surface area (Å²) in [5, 5.41) is 7.12. The Balaban J connectivity index is 0.000000277. The summed E-state index contributed by atoms with van der Waals surface area (Å²) in [5.41, 5.74) is 8.32. The minimum atomic E-state index is -5.08. The molecule has 9 heteroatoms. The number of nitrogens with two attached hydrogens (primary N) is 1.